The van der Waals surface area contributed by atoms with Crippen molar-refractivity contribution >= 4 is 55.2 Å². The highest BCUT2D eigenvalue weighted by atomic mass is 79.9. The summed E-state index contributed by atoms with van der Waals surface area (Å²) in [5.74, 6) is -0.396. The summed E-state index contributed by atoms with van der Waals surface area (Å²) in [6, 6.07) is 7.77. The van der Waals surface area contributed by atoms with Gasteiger partial charge in [-0.2, -0.15) is 0 Å². The molecule has 3 N–H and O–H groups in total. The molecule has 0 spiro atoms. The van der Waals surface area contributed by atoms with Crippen molar-refractivity contribution in [2.75, 3.05) is 20.2 Å². The molecule has 3 aromatic rings. The van der Waals surface area contributed by atoms with E-state index in [0.717, 1.165) is 15.5 Å². The zero-order valence-electron chi connectivity index (χ0n) is 15.9. The lowest BCUT2D eigenvalue weighted by atomic mass is 9.89. The Morgan fingerprint density at radius 3 is 2.57 bits per heavy atom. The molecule has 1 aromatic heterocycles. The third kappa shape index (κ3) is 3.87. The molecule has 1 fully saturated rings. The van der Waals surface area contributed by atoms with Crippen LogP contribution < -0.4 is 5.43 Å². The fraction of sp³-hybridized carbons (Fsp3) is 0.286. The molecule has 0 radical (unpaired) electrons. The average Bonchev–Trinajstić information content (AvgIpc) is 3.01. The highest BCUT2D eigenvalue weighted by molar-refractivity contribution is 9.11. The van der Waals surface area contributed by atoms with Crippen LogP contribution in [-0.4, -0.2) is 46.5 Å². The van der Waals surface area contributed by atoms with Gasteiger partial charge in [-0.25, -0.2) is 0 Å². The van der Waals surface area contributed by atoms with Gasteiger partial charge in [0.1, 0.15) is 28.2 Å². The summed E-state index contributed by atoms with van der Waals surface area (Å²) < 4.78 is 7.72. The number of halogens is 3. The summed E-state index contributed by atoms with van der Waals surface area (Å²) >= 11 is 6.89. The molecule has 2 heterocycles. The lowest BCUT2D eigenvalue weighted by Gasteiger charge is -2.24. The van der Waals surface area contributed by atoms with Crippen LogP contribution in [0.4, 0.5) is 0 Å². The smallest absolute Gasteiger partial charge is 0.197 e. The van der Waals surface area contributed by atoms with Crippen molar-refractivity contribution in [3.8, 4) is 22.8 Å². The van der Waals surface area contributed by atoms with Gasteiger partial charge in [0.15, 0.2) is 5.43 Å². The van der Waals surface area contributed by atoms with Crippen molar-refractivity contribution in [3.63, 3.8) is 0 Å². The molecule has 0 aliphatic carbocycles. The van der Waals surface area contributed by atoms with Gasteiger partial charge >= 0.3 is 0 Å². The van der Waals surface area contributed by atoms with Gasteiger partial charge in [-0.3, -0.25) is 4.79 Å². The van der Waals surface area contributed by atoms with Gasteiger partial charge in [0.2, 0.25) is 0 Å². The van der Waals surface area contributed by atoms with E-state index in [1.807, 2.05) is 24.1 Å². The van der Waals surface area contributed by atoms with E-state index in [1.54, 1.807) is 6.07 Å². The lowest BCUT2D eigenvalue weighted by Crippen LogP contribution is -2.32. The van der Waals surface area contributed by atoms with Crippen LogP contribution in [0.15, 0.2) is 48.5 Å². The Bertz CT molecular complexity index is 1170. The molecule has 4 rings (SSSR count). The minimum Gasteiger partial charge on any atom is -0.507 e. The lowest BCUT2D eigenvalue weighted by molar-refractivity contribution is 0.172. The molecule has 2 aromatic carbocycles. The molecule has 0 saturated carbocycles. The Balaban J connectivity index is 0.00000256. The summed E-state index contributed by atoms with van der Waals surface area (Å²) in [4.78, 5) is 14.9. The molecule has 1 saturated heterocycles. The summed E-state index contributed by atoms with van der Waals surface area (Å²) in [6.45, 7) is 0.644. The van der Waals surface area contributed by atoms with Gasteiger partial charge in [-0.05, 0) is 54.1 Å². The van der Waals surface area contributed by atoms with Crippen LogP contribution in [0.5, 0.6) is 11.5 Å². The topological polar surface area (TPSA) is 94.1 Å². The van der Waals surface area contributed by atoms with Gasteiger partial charge in [-0.1, -0.05) is 15.9 Å². The molecule has 160 valence electrons. The van der Waals surface area contributed by atoms with E-state index in [2.05, 4.69) is 31.9 Å². The van der Waals surface area contributed by atoms with Gasteiger partial charge in [0.05, 0.1) is 6.61 Å². The monoisotopic (exact) mass is 559 g/mol. The van der Waals surface area contributed by atoms with Crippen molar-refractivity contribution < 1.29 is 19.7 Å². The van der Waals surface area contributed by atoms with E-state index >= 15 is 0 Å². The number of aliphatic hydroxyl groups is 1. The Morgan fingerprint density at radius 2 is 1.90 bits per heavy atom. The number of likely N-dealkylation sites (N-methyl/N-ethyl adjacent to an activating group) is 1. The maximum absolute atomic E-state index is 12.9. The Kier molecular flexibility index (Phi) is 6.84. The zero-order valence-corrected chi connectivity index (χ0v) is 19.9. The van der Waals surface area contributed by atoms with Crippen molar-refractivity contribution in [2.24, 2.45) is 0 Å². The number of benzene rings is 2. The van der Waals surface area contributed by atoms with Crippen molar-refractivity contribution in [1.29, 1.82) is 0 Å². The van der Waals surface area contributed by atoms with Gasteiger partial charge < -0.3 is 24.6 Å². The minimum atomic E-state index is -0.401. The molecule has 2 atom stereocenters. The van der Waals surface area contributed by atoms with E-state index in [-0.39, 0.29) is 53.4 Å². The second-order valence-corrected chi connectivity index (χ2v) is 9.03. The first kappa shape index (κ1) is 23.1. The molecule has 1 aliphatic rings. The number of aliphatic hydroxyl groups excluding tert-OH is 1. The molecule has 6 nitrogen and oxygen atoms in total. The maximum Gasteiger partial charge on any atom is 0.197 e. The summed E-state index contributed by atoms with van der Waals surface area (Å²) in [6.07, 6.45) is 0.686. The van der Waals surface area contributed by atoms with Gasteiger partial charge in [0.25, 0.3) is 0 Å². The highest BCUT2D eigenvalue weighted by Gasteiger charge is 2.36. The van der Waals surface area contributed by atoms with Crippen LogP contribution in [0.2, 0.25) is 0 Å². The molecule has 9 heteroatoms. The number of phenolic OH excluding ortho intramolecular Hbond substituents is 2. The second-order valence-electron chi connectivity index (χ2n) is 7.26. The second kappa shape index (κ2) is 8.88. The first-order chi connectivity index (χ1) is 13.8. The molecular weight excluding hydrogens is 541 g/mol. The van der Waals surface area contributed by atoms with Gasteiger partial charge in [0, 0.05) is 44.2 Å². The van der Waals surface area contributed by atoms with Crippen molar-refractivity contribution in [3.05, 3.63) is 55.1 Å². The number of hydrogen-bond acceptors (Lipinski definition) is 6. The third-order valence-electron chi connectivity index (χ3n) is 5.58. The van der Waals surface area contributed by atoms with E-state index in [0.29, 0.717) is 23.3 Å². The highest BCUT2D eigenvalue weighted by Crippen LogP contribution is 2.44. The predicted octanol–water partition coefficient (Wildman–Crippen LogP) is 4.60. The summed E-state index contributed by atoms with van der Waals surface area (Å²) in [5, 5.41) is 30.9. The number of hydrogen-bond donors (Lipinski definition) is 3. The number of fused-ring (bicyclic) bond motifs is 1. The fourth-order valence-electron chi connectivity index (χ4n) is 4.11. The normalized spacial score (nSPS) is 19.2. The molecule has 30 heavy (non-hydrogen) atoms. The number of aromatic hydroxyl groups is 2. The van der Waals surface area contributed by atoms with Crippen molar-refractivity contribution in [1.82, 2.24) is 4.90 Å². The summed E-state index contributed by atoms with van der Waals surface area (Å²) in [7, 11) is 1.90. The third-order valence-corrected chi connectivity index (χ3v) is 6.73. The molecule has 0 amide bonds. The number of likely N-dealkylation sites (tertiary alicyclic amines) is 1. The number of phenols is 2. The minimum absolute atomic E-state index is 0. The van der Waals surface area contributed by atoms with Crippen LogP contribution in [0, 0.1) is 0 Å². The molecule has 1 aliphatic heterocycles. The first-order valence-corrected chi connectivity index (χ1v) is 10.7. The summed E-state index contributed by atoms with van der Waals surface area (Å²) in [5.41, 5.74) is 0.858. The Hall–Kier alpha value is -1.58. The predicted molar refractivity (Wildman–Crippen MR) is 125 cm³/mol. The molecular formula is C21H20Br2ClNO5. The van der Waals surface area contributed by atoms with Crippen molar-refractivity contribution in [2.45, 2.75) is 18.4 Å². The average molecular weight is 562 g/mol. The SMILES string of the molecule is CN1CC[C@H](c2c(O)cc(O)c3c(=O)cc(-c4ccc(Br)cc4Br)oc23)[C@H]1CO.Cl. The van der Waals surface area contributed by atoms with Crippen LogP contribution >= 0.6 is 44.3 Å². The van der Waals surface area contributed by atoms with Crippen LogP contribution in [0.25, 0.3) is 22.3 Å². The number of rotatable bonds is 3. The quantitative estimate of drug-likeness (QED) is 0.433. The maximum atomic E-state index is 12.9. The zero-order chi connectivity index (χ0) is 20.9. The van der Waals surface area contributed by atoms with Gasteiger partial charge in [-0.15, -0.1) is 12.4 Å². The largest absolute Gasteiger partial charge is 0.507 e. The Morgan fingerprint density at radius 1 is 1.17 bits per heavy atom. The standard InChI is InChI=1S/C21H19Br2NO5.ClH/c1-24-5-4-12(14(24)9-25)19-15(26)7-16(27)20-17(28)8-18(29-21(19)20)11-3-2-10(22)6-13(11)23;/h2-3,6-8,12,14,25-27H,4-5,9H2,1H3;1H/t12-,14+;/m0./s1. The van der Waals surface area contributed by atoms with Crippen LogP contribution in [-0.2, 0) is 0 Å². The van der Waals surface area contributed by atoms with E-state index in [1.165, 1.54) is 12.1 Å². The van der Waals surface area contributed by atoms with E-state index in [4.69, 9.17) is 4.42 Å². The van der Waals surface area contributed by atoms with E-state index < -0.39 is 5.43 Å². The van der Waals surface area contributed by atoms with E-state index in [9.17, 15) is 20.1 Å². The molecule has 0 bridgehead atoms. The fourth-order valence-corrected chi connectivity index (χ4v) is 5.36. The number of nitrogens with zero attached hydrogens (tertiary/aromatic N) is 1. The van der Waals surface area contributed by atoms with Crippen LogP contribution in [0.3, 0.4) is 0 Å². The molecule has 0 unspecified atom stereocenters. The Labute approximate surface area is 195 Å². The first-order valence-electron chi connectivity index (χ1n) is 9.11. The van der Waals surface area contributed by atoms with Crippen LogP contribution in [0.1, 0.15) is 17.9 Å².